The summed E-state index contributed by atoms with van der Waals surface area (Å²) in [6.07, 6.45) is 0. The third kappa shape index (κ3) is 2.74. The summed E-state index contributed by atoms with van der Waals surface area (Å²) in [6.45, 7) is 0.698. The number of hydroxylamine groups is 2. The van der Waals surface area contributed by atoms with E-state index in [1.165, 1.54) is 28.4 Å². The van der Waals surface area contributed by atoms with Gasteiger partial charge in [-0.2, -0.15) is 5.06 Å². The number of rotatable bonds is 4. The summed E-state index contributed by atoms with van der Waals surface area (Å²) in [5.74, 6) is -0.438. The average molecular weight is 423 g/mol. The molecule has 0 saturated carbocycles. The Morgan fingerprint density at radius 3 is 2.84 bits per heavy atom. The highest BCUT2D eigenvalue weighted by Gasteiger charge is 2.52. The first-order valence-electron chi connectivity index (χ1n) is 7.73. The maximum Gasteiger partial charge on any atom is 0.345 e. The van der Waals surface area contributed by atoms with Gasteiger partial charge >= 0.3 is 12.0 Å². The van der Waals surface area contributed by atoms with Gasteiger partial charge in [0.25, 0.3) is 0 Å². The van der Waals surface area contributed by atoms with Gasteiger partial charge < -0.3 is 9.64 Å². The number of urea groups is 1. The van der Waals surface area contributed by atoms with E-state index in [0.29, 0.717) is 13.2 Å². The van der Waals surface area contributed by atoms with Crippen LogP contribution in [0.15, 0.2) is 40.2 Å². The van der Waals surface area contributed by atoms with Gasteiger partial charge in [0.1, 0.15) is 12.6 Å². The van der Waals surface area contributed by atoms with Crippen LogP contribution in [0.1, 0.15) is 28.1 Å². The molecular formula is C17H15BrN2O4S. The first-order valence-corrected chi connectivity index (χ1v) is 9.34. The molecule has 2 aromatic rings. The largest absolute Gasteiger partial charge is 0.467 e. The van der Waals surface area contributed by atoms with Gasteiger partial charge in [-0.3, -0.25) is 4.84 Å². The number of nitrogens with zero attached hydrogens (tertiary/aromatic N) is 2. The molecule has 2 bridgehead atoms. The van der Waals surface area contributed by atoms with E-state index in [1.807, 2.05) is 36.4 Å². The lowest BCUT2D eigenvalue weighted by atomic mass is 10.00. The van der Waals surface area contributed by atoms with Crippen LogP contribution in [0.5, 0.6) is 0 Å². The first kappa shape index (κ1) is 16.6. The SMILES string of the molecule is COC(=O)[C@@H]1c2sc(Br)cc2[C@H]2CN1C(=O)N2OCc1ccccc1. The van der Waals surface area contributed by atoms with Crippen molar-refractivity contribution in [2.75, 3.05) is 13.7 Å². The molecule has 8 heteroatoms. The zero-order valence-electron chi connectivity index (χ0n) is 13.3. The lowest BCUT2D eigenvalue weighted by Crippen LogP contribution is -2.38. The van der Waals surface area contributed by atoms with Crippen molar-refractivity contribution in [1.82, 2.24) is 9.96 Å². The van der Waals surface area contributed by atoms with Crippen LogP contribution in [0.4, 0.5) is 4.79 Å². The van der Waals surface area contributed by atoms with E-state index in [4.69, 9.17) is 9.57 Å². The number of carbonyl (C=O) groups excluding carboxylic acids is 2. The van der Waals surface area contributed by atoms with Crippen molar-refractivity contribution in [3.05, 3.63) is 56.2 Å². The summed E-state index contributed by atoms with van der Waals surface area (Å²) in [7, 11) is 1.33. The molecule has 2 amide bonds. The molecule has 2 atom stereocenters. The van der Waals surface area contributed by atoms with E-state index in [9.17, 15) is 9.59 Å². The van der Waals surface area contributed by atoms with Crippen molar-refractivity contribution in [2.24, 2.45) is 0 Å². The van der Waals surface area contributed by atoms with Crippen molar-refractivity contribution >= 4 is 39.3 Å². The number of fused-ring (bicyclic) bond motifs is 4. The molecule has 1 aromatic heterocycles. The van der Waals surface area contributed by atoms with Gasteiger partial charge in [0.2, 0.25) is 0 Å². The number of carbonyl (C=O) groups is 2. The Morgan fingerprint density at radius 2 is 2.12 bits per heavy atom. The lowest BCUT2D eigenvalue weighted by Gasteiger charge is -2.28. The number of esters is 1. The Hall–Kier alpha value is -1.90. The fraction of sp³-hybridized carbons (Fsp3) is 0.294. The van der Waals surface area contributed by atoms with E-state index in [1.54, 1.807) is 0 Å². The summed E-state index contributed by atoms with van der Waals surface area (Å²) in [5.41, 5.74) is 1.91. The summed E-state index contributed by atoms with van der Waals surface area (Å²) < 4.78 is 5.83. The molecule has 0 aliphatic carbocycles. The minimum atomic E-state index is -0.717. The number of ether oxygens (including phenoxy) is 1. The Bertz CT molecular complexity index is 825. The van der Waals surface area contributed by atoms with E-state index in [0.717, 1.165) is 19.8 Å². The van der Waals surface area contributed by atoms with Gasteiger partial charge in [-0.25, -0.2) is 9.59 Å². The summed E-state index contributed by atoms with van der Waals surface area (Å²) >= 11 is 4.92. The van der Waals surface area contributed by atoms with Crippen LogP contribution in [-0.4, -0.2) is 35.6 Å². The first-order chi connectivity index (χ1) is 12.1. The van der Waals surface area contributed by atoms with Crippen LogP contribution in [0, 0.1) is 0 Å². The van der Waals surface area contributed by atoms with Crippen LogP contribution in [0.3, 0.4) is 0 Å². The van der Waals surface area contributed by atoms with E-state index in [-0.39, 0.29) is 12.1 Å². The van der Waals surface area contributed by atoms with Crippen molar-refractivity contribution in [3.63, 3.8) is 0 Å². The Labute approximate surface area is 157 Å². The summed E-state index contributed by atoms with van der Waals surface area (Å²) in [5, 5.41) is 1.38. The average Bonchev–Trinajstić information content (AvgIpc) is 3.14. The van der Waals surface area contributed by atoms with Crippen molar-refractivity contribution < 1.29 is 19.2 Å². The highest BCUT2D eigenvalue weighted by molar-refractivity contribution is 9.11. The molecule has 1 fully saturated rings. The lowest BCUT2D eigenvalue weighted by molar-refractivity contribution is -0.146. The van der Waals surface area contributed by atoms with Crippen molar-refractivity contribution in [2.45, 2.75) is 18.7 Å². The van der Waals surface area contributed by atoms with Crippen LogP contribution in [-0.2, 0) is 21.0 Å². The second-order valence-corrected chi connectivity index (χ2v) is 8.29. The molecule has 0 unspecified atom stereocenters. The maximum absolute atomic E-state index is 12.8. The molecule has 0 N–H and O–H groups in total. The Morgan fingerprint density at radius 1 is 1.36 bits per heavy atom. The van der Waals surface area contributed by atoms with E-state index < -0.39 is 12.0 Å². The fourth-order valence-electron chi connectivity index (χ4n) is 3.25. The molecule has 4 rings (SSSR count). The van der Waals surface area contributed by atoms with Gasteiger partial charge in [0.05, 0.1) is 17.4 Å². The number of hydrogen-bond acceptors (Lipinski definition) is 5. The molecular weight excluding hydrogens is 408 g/mol. The van der Waals surface area contributed by atoms with E-state index in [2.05, 4.69) is 15.9 Å². The monoisotopic (exact) mass is 422 g/mol. The quantitative estimate of drug-likeness (QED) is 0.705. The third-order valence-corrected chi connectivity index (χ3v) is 6.11. The molecule has 3 heterocycles. The fourth-order valence-corrected chi connectivity index (χ4v) is 5.06. The van der Waals surface area contributed by atoms with Crippen LogP contribution in [0.25, 0.3) is 0 Å². The molecule has 2 aliphatic rings. The van der Waals surface area contributed by atoms with Gasteiger partial charge in [-0.05, 0) is 33.1 Å². The standard InChI is InChI=1S/C17H15BrN2O4S/c1-23-16(21)14-15-11(7-13(18)25-15)12-8-19(14)17(22)20(12)24-9-10-5-3-2-4-6-10/h2-7,12,14H,8-9H2,1H3/t12-,14+/m1/s1. The zero-order valence-corrected chi connectivity index (χ0v) is 15.7. The van der Waals surface area contributed by atoms with E-state index >= 15 is 0 Å². The van der Waals surface area contributed by atoms with Gasteiger partial charge in [0.15, 0.2) is 6.04 Å². The Kier molecular flexibility index (Phi) is 4.26. The predicted octanol–water partition coefficient (Wildman–Crippen LogP) is 3.65. The van der Waals surface area contributed by atoms with Crippen molar-refractivity contribution in [3.8, 4) is 0 Å². The number of methoxy groups -OCH3 is 1. The number of halogens is 1. The van der Waals surface area contributed by atoms with Crippen molar-refractivity contribution in [1.29, 1.82) is 0 Å². The van der Waals surface area contributed by atoms with Crippen LogP contribution < -0.4 is 0 Å². The third-order valence-electron chi connectivity index (χ3n) is 4.40. The smallest absolute Gasteiger partial charge is 0.345 e. The second kappa shape index (κ2) is 6.44. The molecule has 1 saturated heterocycles. The van der Waals surface area contributed by atoms with Gasteiger partial charge in [-0.15, -0.1) is 11.3 Å². The highest BCUT2D eigenvalue weighted by Crippen LogP contribution is 2.48. The Balaban J connectivity index is 1.64. The number of benzene rings is 1. The minimum absolute atomic E-state index is 0.227. The minimum Gasteiger partial charge on any atom is -0.467 e. The molecule has 130 valence electrons. The highest BCUT2D eigenvalue weighted by atomic mass is 79.9. The zero-order chi connectivity index (χ0) is 17.6. The normalized spacial score (nSPS) is 21.4. The van der Waals surface area contributed by atoms with Gasteiger partial charge in [0, 0.05) is 4.88 Å². The molecule has 1 aromatic carbocycles. The van der Waals surface area contributed by atoms with Crippen LogP contribution >= 0.6 is 27.3 Å². The molecule has 2 aliphatic heterocycles. The van der Waals surface area contributed by atoms with Crippen LogP contribution in [0.2, 0.25) is 0 Å². The molecule has 25 heavy (non-hydrogen) atoms. The second-order valence-electron chi connectivity index (χ2n) is 5.83. The molecule has 6 nitrogen and oxygen atoms in total. The topological polar surface area (TPSA) is 59.1 Å². The number of thiophene rings is 1. The number of amides is 2. The maximum atomic E-state index is 12.8. The number of hydrogen-bond donors (Lipinski definition) is 0. The molecule has 0 spiro atoms. The summed E-state index contributed by atoms with van der Waals surface area (Å²) in [4.78, 5) is 33.2. The predicted molar refractivity (Wildman–Crippen MR) is 94.7 cm³/mol. The molecule has 0 radical (unpaired) electrons. The summed E-state index contributed by atoms with van der Waals surface area (Å²) in [6, 6.07) is 10.4. The van der Waals surface area contributed by atoms with Gasteiger partial charge in [-0.1, -0.05) is 30.3 Å².